The van der Waals surface area contributed by atoms with Gasteiger partial charge < -0.3 is 4.90 Å². The predicted molar refractivity (Wildman–Crippen MR) is 76.7 cm³/mol. The van der Waals surface area contributed by atoms with Crippen molar-refractivity contribution in [2.75, 3.05) is 26.2 Å². The molecule has 1 saturated heterocycles. The molecule has 1 heterocycles. The number of hydrogen-bond acceptors (Lipinski definition) is 3. The number of benzene rings is 1. The molecule has 1 aromatic rings. The first-order valence-corrected chi connectivity index (χ1v) is 7.20. The van der Waals surface area contributed by atoms with E-state index in [0.29, 0.717) is 36.2 Å². The maximum absolute atomic E-state index is 13.2. The Bertz CT molecular complexity index is 550. The van der Waals surface area contributed by atoms with E-state index in [-0.39, 0.29) is 17.8 Å². The van der Waals surface area contributed by atoms with Crippen LogP contribution in [0.5, 0.6) is 0 Å². The average Bonchev–Trinajstić information content (AvgIpc) is 2.48. The maximum Gasteiger partial charge on any atom is 0.253 e. The lowest BCUT2D eigenvalue weighted by molar-refractivity contribution is 0.0615. The third-order valence-electron chi connectivity index (χ3n) is 3.50. The molecule has 1 atom stereocenters. The monoisotopic (exact) mass is 339 g/mol. The van der Waals surface area contributed by atoms with Gasteiger partial charge in [0.15, 0.2) is 0 Å². The first-order valence-electron chi connectivity index (χ1n) is 6.41. The van der Waals surface area contributed by atoms with Crippen LogP contribution in [0.4, 0.5) is 4.39 Å². The summed E-state index contributed by atoms with van der Waals surface area (Å²) in [4.78, 5) is 16.1. The van der Waals surface area contributed by atoms with Gasteiger partial charge in [0.2, 0.25) is 0 Å². The molecule has 6 heteroatoms. The quantitative estimate of drug-likeness (QED) is 0.830. The van der Waals surface area contributed by atoms with Gasteiger partial charge in [-0.3, -0.25) is 9.69 Å². The first-order chi connectivity index (χ1) is 9.52. The van der Waals surface area contributed by atoms with E-state index in [1.807, 2.05) is 11.8 Å². The molecule has 106 valence electrons. The van der Waals surface area contributed by atoms with Crippen LogP contribution in [0, 0.1) is 17.1 Å². The van der Waals surface area contributed by atoms with Crippen LogP contribution in [-0.4, -0.2) is 47.9 Å². The molecule has 0 bridgehead atoms. The third kappa shape index (κ3) is 3.17. The standard InChI is InChI=1S/C14H15BrFN3O/c1-10(9-17)18-4-6-19(7-5-18)14(20)11-2-3-13(16)12(15)8-11/h2-3,8,10H,4-7H2,1H3. The zero-order valence-electron chi connectivity index (χ0n) is 11.1. The Balaban J connectivity index is 2.01. The number of amides is 1. The first kappa shape index (κ1) is 14.9. The number of rotatable bonds is 2. The summed E-state index contributed by atoms with van der Waals surface area (Å²) in [5.74, 6) is -0.482. The summed E-state index contributed by atoms with van der Waals surface area (Å²) >= 11 is 3.09. The molecule has 1 unspecified atom stereocenters. The normalized spacial score (nSPS) is 17.6. The summed E-state index contributed by atoms with van der Waals surface area (Å²) in [7, 11) is 0. The number of halogens is 2. The summed E-state index contributed by atoms with van der Waals surface area (Å²) < 4.78 is 13.5. The molecule has 1 aliphatic heterocycles. The zero-order chi connectivity index (χ0) is 14.7. The number of piperazine rings is 1. The predicted octanol–water partition coefficient (Wildman–Crippen LogP) is 2.26. The Morgan fingerprint density at radius 1 is 1.40 bits per heavy atom. The highest BCUT2D eigenvalue weighted by Gasteiger charge is 2.24. The van der Waals surface area contributed by atoms with Gasteiger partial charge in [-0.05, 0) is 41.1 Å². The van der Waals surface area contributed by atoms with Gasteiger partial charge in [0.25, 0.3) is 5.91 Å². The van der Waals surface area contributed by atoms with Crippen LogP contribution < -0.4 is 0 Å². The fraction of sp³-hybridized carbons (Fsp3) is 0.429. The average molecular weight is 340 g/mol. The van der Waals surface area contributed by atoms with Crippen LogP contribution in [0.1, 0.15) is 17.3 Å². The van der Waals surface area contributed by atoms with Crippen molar-refractivity contribution < 1.29 is 9.18 Å². The number of nitriles is 1. The molecule has 2 rings (SSSR count). The van der Waals surface area contributed by atoms with Crippen LogP contribution in [-0.2, 0) is 0 Å². The minimum atomic E-state index is -0.380. The van der Waals surface area contributed by atoms with Gasteiger partial charge >= 0.3 is 0 Å². The largest absolute Gasteiger partial charge is 0.336 e. The molecule has 4 nitrogen and oxygen atoms in total. The zero-order valence-corrected chi connectivity index (χ0v) is 12.7. The van der Waals surface area contributed by atoms with Crippen molar-refractivity contribution in [2.24, 2.45) is 0 Å². The molecule has 0 aliphatic carbocycles. The van der Waals surface area contributed by atoms with E-state index in [1.165, 1.54) is 18.2 Å². The Labute approximate surface area is 125 Å². The summed E-state index contributed by atoms with van der Waals surface area (Å²) in [5, 5.41) is 8.88. The van der Waals surface area contributed by atoms with Gasteiger partial charge in [0.05, 0.1) is 16.6 Å². The third-order valence-corrected chi connectivity index (χ3v) is 4.11. The molecule has 1 amide bonds. The van der Waals surface area contributed by atoms with Gasteiger partial charge in [-0.15, -0.1) is 0 Å². The topological polar surface area (TPSA) is 47.3 Å². The fourth-order valence-corrected chi connectivity index (χ4v) is 2.58. The molecule has 1 fully saturated rings. The molecular weight excluding hydrogens is 325 g/mol. The highest BCUT2D eigenvalue weighted by molar-refractivity contribution is 9.10. The second-order valence-electron chi connectivity index (χ2n) is 4.76. The summed E-state index contributed by atoms with van der Waals surface area (Å²) in [6, 6.07) is 6.34. The number of hydrogen-bond donors (Lipinski definition) is 0. The molecular formula is C14H15BrFN3O. The van der Waals surface area contributed by atoms with E-state index in [9.17, 15) is 9.18 Å². The number of nitrogens with zero attached hydrogens (tertiary/aromatic N) is 3. The van der Waals surface area contributed by atoms with Crippen molar-refractivity contribution in [3.05, 3.63) is 34.1 Å². The number of carbonyl (C=O) groups is 1. The molecule has 0 aromatic heterocycles. The summed E-state index contributed by atoms with van der Waals surface area (Å²) in [6.45, 7) is 4.39. The number of carbonyl (C=O) groups excluding carboxylic acids is 1. The minimum absolute atomic E-state index is 0.102. The van der Waals surface area contributed by atoms with Crippen LogP contribution >= 0.6 is 15.9 Å². The highest BCUT2D eigenvalue weighted by atomic mass is 79.9. The van der Waals surface area contributed by atoms with E-state index >= 15 is 0 Å². The van der Waals surface area contributed by atoms with Crippen LogP contribution in [0.15, 0.2) is 22.7 Å². The van der Waals surface area contributed by atoms with Gasteiger partial charge in [0, 0.05) is 31.7 Å². The Kier molecular flexibility index (Phi) is 4.73. The maximum atomic E-state index is 13.2. The van der Waals surface area contributed by atoms with E-state index < -0.39 is 0 Å². The lowest BCUT2D eigenvalue weighted by Gasteiger charge is -2.35. The second-order valence-corrected chi connectivity index (χ2v) is 5.62. The Morgan fingerprint density at radius 2 is 2.05 bits per heavy atom. The van der Waals surface area contributed by atoms with Crippen LogP contribution in [0.2, 0.25) is 0 Å². The van der Waals surface area contributed by atoms with Crippen molar-refractivity contribution >= 4 is 21.8 Å². The van der Waals surface area contributed by atoms with Gasteiger partial charge in [0.1, 0.15) is 5.82 Å². The highest BCUT2D eigenvalue weighted by Crippen LogP contribution is 2.18. The molecule has 0 saturated carbocycles. The van der Waals surface area contributed by atoms with E-state index in [4.69, 9.17) is 5.26 Å². The van der Waals surface area contributed by atoms with E-state index in [2.05, 4.69) is 22.0 Å². The molecule has 20 heavy (non-hydrogen) atoms. The van der Waals surface area contributed by atoms with Gasteiger partial charge in [-0.1, -0.05) is 0 Å². The van der Waals surface area contributed by atoms with Crippen molar-refractivity contribution in [1.82, 2.24) is 9.80 Å². The van der Waals surface area contributed by atoms with E-state index in [1.54, 1.807) is 4.90 Å². The van der Waals surface area contributed by atoms with Crippen LogP contribution in [0.3, 0.4) is 0 Å². The smallest absolute Gasteiger partial charge is 0.253 e. The van der Waals surface area contributed by atoms with Gasteiger partial charge in [-0.2, -0.15) is 5.26 Å². The van der Waals surface area contributed by atoms with Crippen molar-refractivity contribution in [3.8, 4) is 6.07 Å². The summed E-state index contributed by atoms with van der Waals surface area (Å²) in [6.07, 6.45) is 0. The summed E-state index contributed by atoms with van der Waals surface area (Å²) in [5.41, 5.74) is 0.472. The molecule has 0 N–H and O–H groups in total. The molecule has 1 aliphatic rings. The fourth-order valence-electron chi connectivity index (χ4n) is 2.21. The lowest BCUT2D eigenvalue weighted by Crippen LogP contribution is -2.51. The molecule has 0 spiro atoms. The van der Waals surface area contributed by atoms with Crippen LogP contribution in [0.25, 0.3) is 0 Å². The second kappa shape index (κ2) is 6.33. The molecule has 0 radical (unpaired) electrons. The minimum Gasteiger partial charge on any atom is -0.336 e. The SMILES string of the molecule is CC(C#N)N1CCN(C(=O)c2ccc(F)c(Br)c2)CC1. The lowest BCUT2D eigenvalue weighted by atomic mass is 10.1. The van der Waals surface area contributed by atoms with Crippen molar-refractivity contribution in [1.29, 1.82) is 5.26 Å². The van der Waals surface area contributed by atoms with Crippen molar-refractivity contribution in [3.63, 3.8) is 0 Å². The molecule has 1 aromatic carbocycles. The Hall–Kier alpha value is -1.45. The Morgan fingerprint density at radius 3 is 2.60 bits per heavy atom. The van der Waals surface area contributed by atoms with Crippen molar-refractivity contribution in [2.45, 2.75) is 13.0 Å². The van der Waals surface area contributed by atoms with E-state index in [0.717, 1.165) is 0 Å². The van der Waals surface area contributed by atoms with Gasteiger partial charge in [-0.25, -0.2) is 4.39 Å².